The Morgan fingerprint density at radius 2 is 2.09 bits per heavy atom. The van der Waals surface area contributed by atoms with Gasteiger partial charge in [0.25, 0.3) is 0 Å². The summed E-state index contributed by atoms with van der Waals surface area (Å²) in [6.07, 6.45) is 6.40. The summed E-state index contributed by atoms with van der Waals surface area (Å²) in [4.78, 5) is 7.22. The number of anilines is 1. The molecule has 1 aromatic heterocycles. The fourth-order valence-electron chi connectivity index (χ4n) is 5.48. The maximum Gasteiger partial charge on any atom is 0.171 e. The minimum absolute atomic E-state index is 0.0277. The molecule has 3 fully saturated rings. The molecule has 4 heterocycles. The van der Waals surface area contributed by atoms with E-state index in [-0.39, 0.29) is 6.04 Å². The highest BCUT2D eigenvalue weighted by Gasteiger charge is 2.43. The first-order chi connectivity index (χ1) is 16.2. The Hall–Kier alpha value is -2.96. The van der Waals surface area contributed by atoms with Gasteiger partial charge in [0.1, 0.15) is 5.75 Å². The molecule has 5 nitrogen and oxygen atoms in total. The van der Waals surface area contributed by atoms with Gasteiger partial charge in [0, 0.05) is 29.9 Å². The van der Waals surface area contributed by atoms with Crippen molar-refractivity contribution in [2.75, 3.05) is 25.5 Å². The lowest BCUT2D eigenvalue weighted by Crippen LogP contribution is -2.57. The molecule has 3 aliphatic heterocycles. The number of hydrogen-bond acceptors (Lipinski definition) is 4. The average molecular weight is 459 g/mol. The van der Waals surface area contributed by atoms with E-state index in [4.69, 9.17) is 17.0 Å². The van der Waals surface area contributed by atoms with Crippen LogP contribution in [0.2, 0.25) is 0 Å². The highest BCUT2D eigenvalue weighted by atomic mass is 32.1. The van der Waals surface area contributed by atoms with Gasteiger partial charge >= 0.3 is 0 Å². The van der Waals surface area contributed by atoms with Crippen LogP contribution in [-0.2, 0) is 0 Å². The van der Waals surface area contributed by atoms with E-state index in [0.717, 1.165) is 41.9 Å². The van der Waals surface area contributed by atoms with Crippen molar-refractivity contribution in [2.24, 2.45) is 11.8 Å². The van der Waals surface area contributed by atoms with Gasteiger partial charge < -0.3 is 15.4 Å². The number of benzene rings is 2. The van der Waals surface area contributed by atoms with Crippen LogP contribution in [0.25, 0.3) is 10.9 Å². The van der Waals surface area contributed by atoms with Gasteiger partial charge in [-0.3, -0.25) is 9.88 Å². The number of nitrogens with zero attached hydrogens (tertiary/aromatic N) is 2. The average Bonchev–Trinajstić information content (AvgIpc) is 2.87. The van der Waals surface area contributed by atoms with Crippen LogP contribution in [0.3, 0.4) is 0 Å². The Kier molecular flexibility index (Phi) is 6.29. The SMILES string of the molecule is C=CC1CN2CCC1CC2[C@@H](NC(=S)Nc1ccccc1)c1ccnc2ccc(OC)cc12. The summed E-state index contributed by atoms with van der Waals surface area (Å²) in [6, 6.07) is 18.6. The van der Waals surface area contributed by atoms with Crippen molar-refractivity contribution in [1.29, 1.82) is 0 Å². The number of para-hydroxylation sites is 1. The summed E-state index contributed by atoms with van der Waals surface area (Å²) in [6.45, 7) is 6.26. The number of rotatable bonds is 6. The Balaban J connectivity index is 1.51. The highest BCUT2D eigenvalue weighted by Crippen LogP contribution is 2.42. The van der Waals surface area contributed by atoms with E-state index in [1.165, 1.54) is 12.0 Å². The van der Waals surface area contributed by atoms with Crippen molar-refractivity contribution in [1.82, 2.24) is 15.2 Å². The predicted octanol–water partition coefficient (Wildman–Crippen LogP) is 5.17. The Bertz CT molecular complexity index is 1150. The Morgan fingerprint density at radius 3 is 2.82 bits per heavy atom. The highest BCUT2D eigenvalue weighted by molar-refractivity contribution is 7.80. The number of nitrogens with one attached hydrogen (secondary N) is 2. The zero-order valence-corrected chi connectivity index (χ0v) is 19.7. The van der Waals surface area contributed by atoms with E-state index in [0.29, 0.717) is 23.0 Å². The molecule has 4 unspecified atom stereocenters. The van der Waals surface area contributed by atoms with E-state index >= 15 is 0 Å². The summed E-state index contributed by atoms with van der Waals surface area (Å²) in [5, 5.41) is 8.77. The summed E-state index contributed by atoms with van der Waals surface area (Å²) >= 11 is 5.79. The molecule has 0 saturated carbocycles. The topological polar surface area (TPSA) is 49.4 Å². The molecule has 170 valence electrons. The summed E-state index contributed by atoms with van der Waals surface area (Å²) in [5.41, 5.74) is 3.14. The summed E-state index contributed by atoms with van der Waals surface area (Å²) in [7, 11) is 1.70. The molecule has 3 saturated heterocycles. The third-order valence-corrected chi connectivity index (χ3v) is 7.39. The van der Waals surface area contributed by atoms with Gasteiger partial charge in [-0.15, -0.1) is 6.58 Å². The largest absolute Gasteiger partial charge is 0.497 e. The standard InChI is InChI=1S/C27H30N4OS/c1-3-18-17-31-14-12-19(18)15-25(31)26(30-27(33)29-20-7-5-4-6-8-20)22-11-13-28-24-10-9-21(32-2)16-23(22)24/h3-11,13,16,18-19,25-26H,1,12,14-15,17H2,2H3,(H2,29,30,33)/t18?,19?,25?,26-/m0/s1. The quantitative estimate of drug-likeness (QED) is 0.393. The monoisotopic (exact) mass is 458 g/mol. The Labute approximate surface area is 200 Å². The van der Waals surface area contributed by atoms with Gasteiger partial charge in [-0.1, -0.05) is 24.3 Å². The number of fused-ring (bicyclic) bond motifs is 4. The fourth-order valence-corrected chi connectivity index (χ4v) is 5.72. The van der Waals surface area contributed by atoms with Crippen LogP contribution in [0.5, 0.6) is 5.75 Å². The minimum atomic E-state index is 0.0277. The Morgan fingerprint density at radius 1 is 1.24 bits per heavy atom. The zero-order chi connectivity index (χ0) is 22.8. The first-order valence-electron chi connectivity index (χ1n) is 11.6. The number of aromatic nitrogens is 1. The van der Waals surface area contributed by atoms with Crippen LogP contribution in [-0.4, -0.2) is 41.2 Å². The van der Waals surface area contributed by atoms with Crippen LogP contribution in [0, 0.1) is 11.8 Å². The molecule has 3 aromatic rings. The number of methoxy groups -OCH3 is 1. The second-order valence-corrected chi connectivity index (χ2v) is 9.38. The van der Waals surface area contributed by atoms with Gasteiger partial charge in [-0.25, -0.2) is 0 Å². The molecule has 2 aromatic carbocycles. The molecule has 0 aliphatic carbocycles. The van der Waals surface area contributed by atoms with E-state index in [1.807, 2.05) is 48.7 Å². The maximum atomic E-state index is 5.79. The molecule has 0 amide bonds. The number of thiocarbonyl (C=S) groups is 1. The lowest BCUT2D eigenvalue weighted by molar-refractivity contribution is 0.00443. The molecular formula is C27H30N4OS. The van der Waals surface area contributed by atoms with Gasteiger partial charge in [0.15, 0.2) is 5.11 Å². The molecule has 33 heavy (non-hydrogen) atoms. The van der Waals surface area contributed by atoms with E-state index in [1.54, 1.807) is 7.11 Å². The normalized spacial score (nSPS) is 24.8. The first kappa shape index (κ1) is 21.9. The van der Waals surface area contributed by atoms with Gasteiger partial charge in [-0.2, -0.15) is 0 Å². The fraction of sp³-hybridized carbons (Fsp3) is 0.333. The van der Waals surface area contributed by atoms with E-state index < -0.39 is 0 Å². The summed E-state index contributed by atoms with van der Waals surface area (Å²) in [5.74, 6) is 2.07. The number of ether oxygens (including phenoxy) is 1. The number of pyridine rings is 1. The number of hydrogen-bond donors (Lipinski definition) is 2. The summed E-state index contributed by atoms with van der Waals surface area (Å²) < 4.78 is 5.53. The van der Waals surface area contributed by atoms with Crippen LogP contribution in [0.15, 0.2) is 73.4 Å². The first-order valence-corrected chi connectivity index (χ1v) is 12.0. The second kappa shape index (κ2) is 9.49. The molecule has 6 heteroatoms. The van der Waals surface area contributed by atoms with Crippen molar-refractivity contribution in [3.8, 4) is 5.75 Å². The second-order valence-electron chi connectivity index (χ2n) is 8.97. The molecule has 2 N–H and O–H groups in total. The van der Waals surface area contributed by atoms with Crippen molar-refractivity contribution in [3.05, 3.63) is 79.0 Å². The van der Waals surface area contributed by atoms with Gasteiger partial charge in [0.05, 0.1) is 18.7 Å². The zero-order valence-electron chi connectivity index (χ0n) is 18.9. The third-order valence-electron chi connectivity index (χ3n) is 7.17. The van der Waals surface area contributed by atoms with Crippen LogP contribution in [0.1, 0.15) is 24.4 Å². The smallest absolute Gasteiger partial charge is 0.171 e. The van der Waals surface area contributed by atoms with Crippen molar-refractivity contribution >= 4 is 33.9 Å². The third kappa shape index (κ3) is 4.45. The maximum absolute atomic E-state index is 5.79. The van der Waals surface area contributed by atoms with Crippen molar-refractivity contribution < 1.29 is 4.74 Å². The molecule has 2 bridgehead atoms. The van der Waals surface area contributed by atoms with Crippen LogP contribution >= 0.6 is 12.2 Å². The van der Waals surface area contributed by atoms with Crippen molar-refractivity contribution in [3.63, 3.8) is 0 Å². The molecule has 0 radical (unpaired) electrons. The lowest BCUT2D eigenvalue weighted by atomic mass is 9.73. The molecular weight excluding hydrogens is 428 g/mol. The molecule has 3 aliphatic rings. The predicted molar refractivity (Wildman–Crippen MR) is 139 cm³/mol. The molecule has 0 spiro atoms. The number of piperidine rings is 3. The minimum Gasteiger partial charge on any atom is -0.497 e. The van der Waals surface area contributed by atoms with Crippen LogP contribution in [0.4, 0.5) is 5.69 Å². The van der Waals surface area contributed by atoms with Gasteiger partial charge in [-0.05, 0) is 85.4 Å². The molecule has 6 rings (SSSR count). The lowest BCUT2D eigenvalue weighted by Gasteiger charge is -2.52. The van der Waals surface area contributed by atoms with E-state index in [2.05, 4.69) is 45.3 Å². The van der Waals surface area contributed by atoms with Gasteiger partial charge in [0.2, 0.25) is 0 Å². The van der Waals surface area contributed by atoms with Crippen molar-refractivity contribution in [2.45, 2.75) is 24.9 Å². The van der Waals surface area contributed by atoms with Crippen LogP contribution < -0.4 is 15.4 Å². The van der Waals surface area contributed by atoms with E-state index in [9.17, 15) is 0 Å². The molecule has 5 atom stereocenters.